The standard InChI is InChI=1S/C17H24N2O3/c1-4-22-17(21)8-6-13-5-7-16(18-12(2)20)14-9-10-19(3)11-15(13)14/h5,7H,4,6,8-11H2,1-3H3,(H,18,20). The van der Waals surface area contributed by atoms with E-state index in [1.807, 2.05) is 19.1 Å². The average Bonchev–Trinajstić information content (AvgIpc) is 2.46. The molecule has 5 nitrogen and oxygen atoms in total. The van der Waals surface area contributed by atoms with Crippen molar-refractivity contribution in [2.24, 2.45) is 0 Å². The maximum Gasteiger partial charge on any atom is 0.306 e. The minimum atomic E-state index is -0.161. The van der Waals surface area contributed by atoms with Crippen molar-refractivity contribution < 1.29 is 14.3 Å². The van der Waals surface area contributed by atoms with Gasteiger partial charge in [-0.15, -0.1) is 0 Å². The number of hydrogen-bond donors (Lipinski definition) is 1. The second-order valence-corrected chi connectivity index (χ2v) is 5.70. The summed E-state index contributed by atoms with van der Waals surface area (Å²) in [4.78, 5) is 25.2. The highest BCUT2D eigenvalue weighted by molar-refractivity contribution is 5.90. The van der Waals surface area contributed by atoms with Crippen molar-refractivity contribution in [3.63, 3.8) is 0 Å². The number of nitrogens with zero attached hydrogens (tertiary/aromatic N) is 1. The Labute approximate surface area is 131 Å². The van der Waals surface area contributed by atoms with Crippen LogP contribution < -0.4 is 5.32 Å². The number of ether oxygens (including phenoxy) is 1. The number of amides is 1. The molecule has 0 radical (unpaired) electrons. The molecule has 0 aromatic heterocycles. The lowest BCUT2D eigenvalue weighted by molar-refractivity contribution is -0.143. The first-order valence-corrected chi connectivity index (χ1v) is 7.76. The lowest BCUT2D eigenvalue weighted by Crippen LogP contribution is -2.28. The Kier molecular flexibility index (Phi) is 5.55. The van der Waals surface area contributed by atoms with E-state index >= 15 is 0 Å². The Morgan fingerprint density at radius 1 is 1.32 bits per heavy atom. The molecule has 1 aromatic carbocycles. The molecule has 1 aliphatic rings. The zero-order valence-electron chi connectivity index (χ0n) is 13.6. The van der Waals surface area contributed by atoms with Crippen LogP contribution in [0.2, 0.25) is 0 Å². The van der Waals surface area contributed by atoms with Gasteiger partial charge < -0.3 is 15.0 Å². The van der Waals surface area contributed by atoms with Crippen LogP contribution >= 0.6 is 0 Å². The van der Waals surface area contributed by atoms with Crippen LogP contribution in [0.25, 0.3) is 0 Å². The predicted octanol–water partition coefficient (Wildman–Crippen LogP) is 2.13. The summed E-state index contributed by atoms with van der Waals surface area (Å²) in [5, 5.41) is 2.91. The topological polar surface area (TPSA) is 58.6 Å². The molecule has 5 heteroatoms. The third-order valence-corrected chi connectivity index (χ3v) is 3.91. The predicted molar refractivity (Wildman–Crippen MR) is 85.7 cm³/mol. The fourth-order valence-corrected chi connectivity index (χ4v) is 2.89. The molecule has 1 aliphatic heterocycles. The smallest absolute Gasteiger partial charge is 0.306 e. The number of hydrogen-bond acceptors (Lipinski definition) is 4. The maximum atomic E-state index is 11.6. The molecule has 0 aliphatic carbocycles. The number of carbonyl (C=O) groups is 2. The van der Waals surface area contributed by atoms with Gasteiger partial charge in [-0.05, 0) is 49.6 Å². The second kappa shape index (κ2) is 7.40. The molecule has 1 N–H and O–H groups in total. The van der Waals surface area contributed by atoms with Crippen LogP contribution in [-0.4, -0.2) is 37.0 Å². The van der Waals surface area contributed by atoms with Crippen LogP contribution in [0, 0.1) is 0 Å². The molecule has 0 saturated carbocycles. The number of rotatable bonds is 5. The second-order valence-electron chi connectivity index (χ2n) is 5.70. The minimum Gasteiger partial charge on any atom is -0.466 e. The van der Waals surface area contributed by atoms with Crippen LogP contribution in [0.1, 0.15) is 37.0 Å². The summed E-state index contributed by atoms with van der Waals surface area (Å²) in [5.74, 6) is -0.216. The molecule has 0 fully saturated rings. The normalized spacial score (nSPS) is 14.3. The Hall–Kier alpha value is -1.88. The van der Waals surface area contributed by atoms with Crippen molar-refractivity contribution in [3.05, 3.63) is 28.8 Å². The van der Waals surface area contributed by atoms with Crippen molar-refractivity contribution in [2.45, 2.75) is 39.7 Å². The van der Waals surface area contributed by atoms with E-state index in [4.69, 9.17) is 4.74 Å². The first kappa shape index (κ1) is 16.5. The fraction of sp³-hybridized carbons (Fsp3) is 0.529. The fourth-order valence-electron chi connectivity index (χ4n) is 2.89. The molecular formula is C17H24N2O3. The number of benzene rings is 1. The van der Waals surface area contributed by atoms with Gasteiger partial charge in [-0.25, -0.2) is 0 Å². The SMILES string of the molecule is CCOC(=O)CCc1ccc(NC(C)=O)c2c1CN(C)CC2. The first-order chi connectivity index (χ1) is 10.5. The molecule has 1 heterocycles. The van der Waals surface area contributed by atoms with Gasteiger partial charge in [0.1, 0.15) is 0 Å². The number of likely N-dealkylation sites (N-methyl/N-ethyl adjacent to an activating group) is 1. The first-order valence-electron chi connectivity index (χ1n) is 7.76. The van der Waals surface area contributed by atoms with Gasteiger partial charge in [-0.1, -0.05) is 6.07 Å². The molecule has 0 saturated heterocycles. The van der Waals surface area contributed by atoms with Gasteiger partial charge in [-0.3, -0.25) is 9.59 Å². The molecule has 0 unspecified atom stereocenters. The Morgan fingerprint density at radius 2 is 2.09 bits per heavy atom. The van der Waals surface area contributed by atoms with Gasteiger partial charge in [0.15, 0.2) is 0 Å². The van der Waals surface area contributed by atoms with Crippen molar-refractivity contribution in [3.8, 4) is 0 Å². The van der Waals surface area contributed by atoms with Crippen LogP contribution in [0.3, 0.4) is 0 Å². The lowest BCUT2D eigenvalue weighted by atomic mass is 9.91. The molecule has 1 aromatic rings. The van der Waals surface area contributed by atoms with E-state index in [0.29, 0.717) is 19.4 Å². The third-order valence-electron chi connectivity index (χ3n) is 3.91. The van der Waals surface area contributed by atoms with Crippen LogP contribution in [0.15, 0.2) is 12.1 Å². The van der Waals surface area contributed by atoms with Crippen LogP contribution in [-0.2, 0) is 33.7 Å². The lowest BCUT2D eigenvalue weighted by Gasteiger charge is -2.29. The summed E-state index contributed by atoms with van der Waals surface area (Å²) in [6.07, 6.45) is 1.98. The van der Waals surface area contributed by atoms with Gasteiger partial charge in [0.05, 0.1) is 6.61 Å². The number of anilines is 1. The summed E-state index contributed by atoms with van der Waals surface area (Å²) < 4.78 is 5.00. The van der Waals surface area contributed by atoms with Gasteiger partial charge in [0.25, 0.3) is 0 Å². The number of esters is 1. The van der Waals surface area contributed by atoms with Gasteiger partial charge in [-0.2, -0.15) is 0 Å². The molecule has 0 bridgehead atoms. The van der Waals surface area contributed by atoms with E-state index in [-0.39, 0.29) is 11.9 Å². The molecule has 22 heavy (non-hydrogen) atoms. The zero-order valence-corrected chi connectivity index (χ0v) is 13.6. The largest absolute Gasteiger partial charge is 0.466 e. The van der Waals surface area contributed by atoms with E-state index in [2.05, 4.69) is 17.3 Å². The Morgan fingerprint density at radius 3 is 2.77 bits per heavy atom. The van der Waals surface area contributed by atoms with Gasteiger partial charge in [0, 0.05) is 32.1 Å². The highest BCUT2D eigenvalue weighted by atomic mass is 16.5. The molecule has 0 spiro atoms. The number of fused-ring (bicyclic) bond motifs is 1. The van der Waals surface area contributed by atoms with Gasteiger partial charge in [0.2, 0.25) is 5.91 Å². The Bertz CT molecular complexity index is 569. The molecule has 2 rings (SSSR count). The third kappa shape index (κ3) is 4.07. The monoisotopic (exact) mass is 304 g/mol. The number of carbonyl (C=O) groups excluding carboxylic acids is 2. The van der Waals surface area contributed by atoms with Crippen LogP contribution in [0.5, 0.6) is 0 Å². The number of nitrogens with one attached hydrogen (secondary N) is 1. The highest BCUT2D eigenvalue weighted by Gasteiger charge is 2.20. The molecule has 0 atom stereocenters. The van der Waals surface area contributed by atoms with Crippen molar-refractivity contribution in [1.29, 1.82) is 0 Å². The van der Waals surface area contributed by atoms with E-state index in [1.54, 1.807) is 0 Å². The highest BCUT2D eigenvalue weighted by Crippen LogP contribution is 2.29. The summed E-state index contributed by atoms with van der Waals surface area (Å²) in [6.45, 7) is 5.58. The zero-order chi connectivity index (χ0) is 16.1. The quantitative estimate of drug-likeness (QED) is 0.847. The van der Waals surface area contributed by atoms with Gasteiger partial charge >= 0.3 is 5.97 Å². The minimum absolute atomic E-state index is 0.0552. The van der Waals surface area contributed by atoms with Crippen LogP contribution in [0.4, 0.5) is 5.69 Å². The molecule has 120 valence electrons. The molecule has 1 amide bonds. The van der Waals surface area contributed by atoms with E-state index in [9.17, 15) is 9.59 Å². The summed E-state index contributed by atoms with van der Waals surface area (Å²) in [7, 11) is 2.09. The van der Waals surface area contributed by atoms with Crippen molar-refractivity contribution in [2.75, 3.05) is 25.5 Å². The van der Waals surface area contributed by atoms with Crippen molar-refractivity contribution >= 4 is 17.6 Å². The Balaban J connectivity index is 2.23. The maximum absolute atomic E-state index is 11.6. The summed E-state index contributed by atoms with van der Waals surface area (Å²) in [5.41, 5.74) is 4.51. The summed E-state index contributed by atoms with van der Waals surface area (Å²) in [6, 6.07) is 3.97. The van der Waals surface area contributed by atoms with E-state index in [0.717, 1.165) is 25.2 Å². The van der Waals surface area contributed by atoms with E-state index < -0.39 is 0 Å². The average molecular weight is 304 g/mol. The van der Waals surface area contributed by atoms with E-state index in [1.165, 1.54) is 23.6 Å². The molecular weight excluding hydrogens is 280 g/mol. The number of aryl methyl sites for hydroxylation is 1. The van der Waals surface area contributed by atoms with Crippen molar-refractivity contribution in [1.82, 2.24) is 4.90 Å². The summed E-state index contributed by atoms with van der Waals surface area (Å²) >= 11 is 0.